The van der Waals surface area contributed by atoms with Crippen LogP contribution in [-0.4, -0.2) is 59.6 Å². The summed E-state index contributed by atoms with van der Waals surface area (Å²) in [6.45, 7) is 8.53. The number of hydrogen-bond acceptors (Lipinski definition) is 8. The van der Waals surface area contributed by atoms with E-state index in [1.165, 1.54) is 19.3 Å². The molecule has 1 saturated heterocycles. The summed E-state index contributed by atoms with van der Waals surface area (Å²) in [7, 11) is 1.79. The molecule has 0 radical (unpaired) electrons. The molecule has 1 aliphatic heterocycles. The number of aromatic nitrogens is 3. The Bertz CT molecular complexity index is 1220. The van der Waals surface area contributed by atoms with Gasteiger partial charge in [0.05, 0.1) is 22.0 Å². The number of hydrogen-bond donors (Lipinski definition) is 2. The van der Waals surface area contributed by atoms with Crippen LogP contribution >= 0.6 is 11.6 Å². The quantitative estimate of drug-likeness (QED) is 0.474. The molecule has 8 nitrogen and oxygen atoms in total. The van der Waals surface area contributed by atoms with Crippen LogP contribution in [-0.2, 0) is 0 Å². The Morgan fingerprint density at radius 1 is 1.23 bits per heavy atom. The summed E-state index contributed by atoms with van der Waals surface area (Å²) in [6, 6.07) is 5.41. The van der Waals surface area contributed by atoms with Gasteiger partial charge in [-0.3, -0.25) is 0 Å². The predicted molar refractivity (Wildman–Crippen MR) is 136 cm³/mol. The van der Waals surface area contributed by atoms with E-state index >= 15 is 0 Å². The fourth-order valence-electron chi connectivity index (χ4n) is 4.95. The number of aryl methyl sites for hydroxylation is 2. The van der Waals surface area contributed by atoms with Crippen LogP contribution in [0.25, 0.3) is 22.6 Å². The smallest absolute Gasteiger partial charge is 0.163 e. The molecule has 3 heterocycles. The number of halogens is 1. The minimum Gasteiger partial charge on any atom is -0.491 e. The summed E-state index contributed by atoms with van der Waals surface area (Å²) in [5, 5.41) is 17.7. The highest BCUT2D eigenvalue weighted by atomic mass is 35.5. The molecule has 2 aliphatic rings. The maximum atomic E-state index is 10.0. The molecule has 1 aliphatic carbocycles. The second-order valence-corrected chi connectivity index (χ2v) is 10.3. The highest BCUT2D eigenvalue weighted by molar-refractivity contribution is 6.33. The SMILES string of the molecule is CNCC(O)COc1ccc(Cl)c(-c2nc(-c3c(C)noc3C)c(C)c(N3CCC4(CC4)C3)n2)c1. The van der Waals surface area contributed by atoms with Crippen molar-refractivity contribution in [2.45, 2.75) is 46.1 Å². The highest BCUT2D eigenvalue weighted by Crippen LogP contribution is 2.53. The topological polar surface area (TPSA) is 96.5 Å². The Kier molecular flexibility index (Phi) is 6.46. The van der Waals surface area contributed by atoms with Crippen molar-refractivity contribution in [2.75, 3.05) is 38.2 Å². The Labute approximate surface area is 210 Å². The molecular weight excluding hydrogens is 466 g/mol. The van der Waals surface area contributed by atoms with Crippen LogP contribution in [0, 0.1) is 26.2 Å². The zero-order chi connectivity index (χ0) is 24.7. The van der Waals surface area contributed by atoms with E-state index in [0.717, 1.165) is 47.2 Å². The lowest BCUT2D eigenvalue weighted by Crippen LogP contribution is -2.29. The van der Waals surface area contributed by atoms with Gasteiger partial charge in [-0.15, -0.1) is 0 Å². The Hall–Kier alpha value is -2.68. The minimum absolute atomic E-state index is 0.169. The standard InChI is InChI=1S/C26H32ClN5O3/c1-15-23(22-16(2)31-35-17(22)3)29-24(30-25(15)32-10-9-26(14-32)7-8-26)20-11-19(5-6-21(20)27)34-13-18(33)12-28-4/h5-6,11,18,28,33H,7-10,12-14H2,1-4H3. The summed E-state index contributed by atoms with van der Waals surface area (Å²) >= 11 is 6.65. The summed E-state index contributed by atoms with van der Waals surface area (Å²) < 4.78 is 11.3. The third kappa shape index (κ3) is 4.75. The first-order chi connectivity index (χ1) is 16.8. The van der Waals surface area contributed by atoms with Crippen LogP contribution in [0.3, 0.4) is 0 Å². The van der Waals surface area contributed by atoms with Gasteiger partial charge in [-0.05, 0) is 70.7 Å². The monoisotopic (exact) mass is 497 g/mol. The van der Waals surface area contributed by atoms with Crippen molar-refractivity contribution in [2.24, 2.45) is 5.41 Å². The molecule has 0 bridgehead atoms. The lowest BCUT2D eigenvalue weighted by molar-refractivity contribution is 0.108. The largest absolute Gasteiger partial charge is 0.491 e. The molecule has 9 heteroatoms. The average Bonchev–Trinajstić information content (AvgIpc) is 3.34. The maximum absolute atomic E-state index is 10.0. The van der Waals surface area contributed by atoms with Gasteiger partial charge in [0.1, 0.15) is 30.0 Å². The predicted octanol–water partition coefficient (Wildman–Crippen LogP) is 4.33. The van der Waals surface area contributed by atoms with Crippen LogP contribution in [0.1, 0.15) is 36.3 Å². The van der Waals surface area contributed by atoms with Gasteiger partial charge in [0.25, 0.3) is 0 Å². The lowest BCUT2D eigenvalue weighted by Gasteiger charge is -2.22. The Morgan fingerprint density at radius 3 is 2.69 bits per heavy atom. The van der Waals surface area contributed by atoms with Crippen LogP contribution in [0.4, 0.5) is 5.82 Å². The summed E-state index contributed by atoms with van der Waals surface area (Å²) in [6.07, 6.45) is 3.17. The number of aliphatic hydroxyl groups is 1. The van der Waals surface area contributed by atoms with E-state index in [4.69, 9.17) is 30.8 Å². The van der Waals surface area contributed by atoms with E-state index in [2.05, 4.69) is 22.3 Å². The molecule has 35 heavy (non-hydrogen) atoms. The molecule has 186 valence electrons. The zero-order valence-electron chi connectivity index (χ0n) is 20.7. The first-order valence-corrected chi connectivity index (χ1v) is 12.5. The third-order valence-electron chi connectivity index (χ3n) is 7.15. The van der Waals surface area contributed by atoms with E-state index in [0.29, 0.717) is 34.1 Å². The number of anilines is 1. The molecule has 1 aromatic carbocycles. The number of likely N-dealkylation sites (N-methyl/N-ethyl adjacent to an activating group) is 1. The van der Waals surface area contributed by atoms with Gasteiger partial charge in [-0.25, -0.2) is 9.97 Å². The first kappa shape index (κ1) is 24.0. The molecule has 1 spiro atoms. The second kappa shape index (κ2) is 9.41. The van der Waals surface area contributed by atoms with Crippen molar-refractivity contribution < 1.29 is 14.4 Å². The first-order valence-electron chi connectivity index (χ1n) is 12.1. The fourth-order valence-corrected chi connectivity index (χ4v) is 5.15. The number of nitrogens with zero attached hydrogens (tertiary/aromatic N) is 4. The summed E-state index contributed by atoms with van der Waals surface area (Å²) in [5.41, 5.74) is 4.65. The summed E-state index contributed by atoms with van der Waals surface area (Å²) in [4.78, 5) is 12.4. The van der Waals surface area contributed by atoms with Gasteiger partial charge in [0.15, 0.2) is 5.82 Å². The van der Waals surface area contributed by atoms with E-state index in [9.17, 15) is 5.11 Å². The number of nitrogens with one attached hydrogen (secondary N) is 1. The minimum atomic E-state index is -0.614. The van der Waals surface area contributed by atoms with Crippen LogP contribution in [0.15, 0.2) is 22.7 Å². The zero-order valence-corrected chi connectivity index (χ0v) is 21.4. The van der Waals surface area contributed by atoms with Gasteiger partial charge in [-0.2, -0.15) is 0 Å². The molecule has 1 saturated carbocycles. The normalized spacial score (nSPS) is 17.3. The molecule has 1 unspecified atom stereocenters. The number of aliphatic hydroxyl groups excluding tert-OH is 1. The average molecular weight is 498 g/mol. The van der Waals surface area contributed by atoms with Gasteiger partial charge in [-0.1, -0.05) is 16.8 Å². The fraction of sp³-hybridized carbons (Fsp3) is 0.500. The lowest BCUT2D eigenvalue weighted by atomic mass is 10.0. The molecule has 2 N–H and O–H groups in total. The van der Waals surface area contributed by atoms with Gasteiger partial charge in [0.2, 0.25) is 0 Å². The number of benzene rings is 1. The number of ether oxygens (including phenoxy) is 1. The molecule has 5 rings (SSSR count). The molecule has 3 aromatic rings. The number of rotatable bonds is 8. The van der Waals surface area contributed by atoms with Gasteiger partial charge in [0, 0.05) is 30.8 Å². The molecular formula is C26H32ClN5O3. The molecule has 2 fully saturated rings. The molecule has 1 atom stereocenters. The van der Waals surface area contributed by atoms with Crippen LogP contribution < -0.4 is 15.0 Å². The van der Waals surface area contributed by atoms with Crippen LogP contribution in [0.2, 0.25) is 5.02 Å². The van der Waals surface area contributed by atoms with Crippen molar-refractivity contribution >= 4 is 17.4 Å². The van der Waals surface area contributed by atoms with Crippen molar-refractivity contribution in [1.29, 1.82) is 0 Å². The second-order valence-electron chi connectivity index (χ2n) is 9.88. The molecule has 2 aromatic heterocycles. The van der Waals surface area contributed by atoms with Crippen LogP contribution in [0.5, 0.6) is 5.75 Å². The van der Waals surface area contributed by atoms with Gasteiger partial charge >= 0.3 is 0 Å². The van der Waals surface area contributed by atoms with Crippen molar-refractivity contribution in [3.63, 3.8) is 0 Å². The Balaban J connectivity index is 1.58. The van der Waals surface area contributed by atoms with E-state index in [-0.39, 0.29) is 6.61 Å². The van der Waals surface area contributed by atoms with Gasteiger partial charge < -0.3 is 24.6 Å². The highest BCUT2D eigenvalue weighted by Gasteiger charge is 2.48. The van der Waals surface area contributed by atoms with E-state index < -0.39 is 6.10 Å². The van der Waals surface area contributed by atoms with Crippen molar-refractivity contribution in [3.05, 3.63) is 40.2 Å². The summed E-state index contributed by atoms with van der Waals surface area (Å²) in [5.74, 6) is 2.79. The van der Waals surface area contributed by atoms with E-state index in [1.807, 2.05) is 19.9 Å². The van der Waals surface area contributed by atoms with E-state index in [1.54, 1.807) is 19.2 Å². The maximum Gasteiger partial charge on any atom is 0.163 e. The Morgan fingerprint density at radius 2 is 2.03 bits per heavy atom. The van der Waals surface area contributed by atoms with Crippen molar-refractivity contribution in [1.82, 2.24) is 20.4 Å². The third-order valence-corrected chi connectivity index (χ3v) is 7.48. The molecule has 0 amide bonds. The van der Waals surface area contributed by atoms with Crippen molar-refractivity contribution in [3.8, 4) is 28.4 Å².